The lowest BCUT2D eigenvalue weighted by Gasteiger charge is -2.33. The summed E-state index contributed by atoms with van der Waals surface area (Å²) in [6.45, 7) is 2.13. The van der Waals surface area contributed by atoms with E-state index >= 15 is 0 Å². The lowest BCUT2D eigenvalue weighted by Crippen LogP contribution is -2.60. The maximum Gasteiger partial charge on any atom is 0.460 e. The second kappa shape index (κ2) is 12.4. The van der Waals surface area contributed by atoms with Crippen LogP contribution in [-0.2, 0) is 9.59 Å². The molecule has 0 radical (unpaired) electrons. The van der Waals surface area contributed by atoms with E-state index in [4.69, 9.17) is 0 Å². The minimum absolute atomic E-state index is 0.250. The van der Waals surface area contributed by atoms with Crippen molar-refractivity contribution in [2.45, 2.75) is 88.7 Å². The molecule has 0 rings (SSSR count). The standard InChI is InChI=1S/C18H27F9N2O2/c1-2-3-4-5-6-7-11-28-14(31)9-12-29-13(30)8-10-15(19,20)16(21,22)17(23,24)18(25,26)27/h2-12H2,1H3,(H,28,31)(H,29,30). The Kier molecular flexibility index (Phi) is 11.7. The van der Waals surface area contributed by atoms with Gasteiger partial charge in [0.05, 0.1) is 0 Å². The number of halogens is 9. The van der Waals surface area contributed by atoms with Crippen LogP contribution in [0.5, 0.6) is 0 Å². The van der Waals surface area contributed by atoms with Crippen molar-refractivity contribution in [3.05, 3.63) is 0 Å². The van der Waals surface area contributed by atoms with Gasteiger partial charge in [0, 0.05) is 32.4 Å². The molecule has 0 aromatic carbocycles. The fourth-order valence-corrected chi connectivity index (χ4v) is 2.46. The minimum Gasteiger partial charge on any atom is -0.356 e. The summed E-state index contributed by atoms with van der Waals surface area (Å²) in [7, 11) is 0. The summed E-state index contributed by atoms with van der Waals surface area (Å²) in [6, 6.07) is 0. The molecule has 31 heavy (non-hydrogen) atoms. The van der Waals surface area contributed by atoms with Crippen molar-refractivity contribution in [1.82, 2.24) is 10.6 Å². The summed E-state index contributed by atoms with van der Waals surface area (Å²) in [5.41, 5.74) is 0. The third-order valence-corrected chi connectivity index (χ3v) is 4.40. The van der Waals surface area contributed by atoms with Gasteiger partial charge in [-0.3, -0.25) is 9.59 Å². The van der Waals surface area contributed by atoms with Gasteiger partial charge >= 0.3 is 23.9 Å². The van der Waals surface area contributed by atoms with Crippen molar-refractivity contribution in [2.24, 2.45) is 0 Å². The van der Waals surface area contributed by atoms with Crippen molar-refractivity contribution in [3.8, 4) is 0 Å². The molecule has 0 aliphatic heterocycles. The zero-order chi connectivity index (χ0) is 24.3. The van der Waals surface area contributed by atoms with Crippen molar-refractivity contribution in [1.29, 1.82) is 0 Å². The van der Waals surface area contributed by atoms with E-state index in [1.165, 1.54) is 0 Å². The van der Waals surface area contributed by atoms with E-state index in [-0.39, 0.29) is 13.0 Å². The second-order valence-corrected chi connectivity index (χ2v) is 7.07. The summed E-state index contributed by atoms with van der Waals surface area (Å²) >= 11 is 0. The molecule has 13 heteroatoms. The van der Waals surface area contributed by atoms with Gasteiger partial charge in [0.1, 0.15) is 0 Å². The van der Waals surface area contributed by atoms with Crippen LogP contribution in [-0.4, -0.2) is 48.8 Å². The van der Waals surface area contributed by atoms with Crippen LogP contribution in [0, 0.1) is 0 Å². The Hall–Kier alpha value is -1.69. The van der Waals surface area contributed by atoms with Crippen LogP contribution in [0.1, 0.15) is 64.7 Å². The Bertz CT molecular complexity index is 567. The number of nitrogens with one attached hydrogen (secondary N) is 2. The highest BCUT2D eigenvalue weighted by molar-refractivity contribution is 5.78. The predicted octanol–water partition coefficient (Wildman–Crippen LogP) is 5.22. The molecule has 0 spiro atoms. The Labute approximate surface area is 174 Å². The lowest BCUT2D eigenvalue weighted by atomic mass is 9.99. The first-order chi connectivity index (χ1) is 14.1. The fourth-order valence-electron chi connectivity index (χ4n) is 2.46. The number of carbonyl (C=O) groups excluding carboxylic acids is 2. The zero-order valence-electron chi connectivity index (χ0n) is 17.0. The smallest absolute Gasteiger partial charge is 0.356 e. The Balaban J connectivity index is 4.27. The number of amides is 2. The first-order valence-corrected chi connectivity index (χ1v) is 9.83. The van der Waals surface area contributed by atoms with Gasteiger partial charge in [0.15, 0.2) is 0 Å². The predicted molar refractivity (Wildman–Crippen MR) is 94.1 cm³/mol. The molecule has 0 bridgehead atoms. The SMILES string of the molecule is CCCCCCCCNC(=O)CCNC(=O)CCC(F)(F)C(F)(F)C(F)(F)C(F)(F)F. The highest BCUT2D eigenvalue weighted by Gasteiger charge is 2.81. The number of unbranched alkanes of at least 4 members (excludes halogenated alkanes) is 5. The second-order valence-electron chi connectivity index (χ2n) is 7.07. The number of hydrogen-bond acceptors (Lipinski definition) is 2. The average molecular weight is 474 g/mol. The molecule has 0 fully saturated rings. The summed E-state index contributed by atoms with van der Waals surface area (Å²) in [4.78, 5) is 22.9. The highest BCUT2D eigenvalue weighted by atomic mass is 19.4. The number of carbonyl (C=O) groups is 2. The van der Waals surface area contributed by atoms with Gasteiger partial charge < -0.3 is 10.6 Å². The molecule has 0 aliphatic rings. The van der Waals surface area contributed by atoms with Crippen LogP contribution in [0.3, 0.4) is 0 Å². The summed E-state index contributed by atoms with van der Waals surface area (Å²) in [6.07, 6.45) is -4.81. The minimum atomic E-state index is -6.98. The molecule has 4 nitrogen and oxygen atoms in total. The summed E-state index contributed by atoms with van der Waals surface area (Å²) < 4.78 is 114. The molecular formula is C18H27F9N2O2. The molecule has 0 aromatic heterocycles. The third kappa shape index (κ3) is 9.14. The molecular weight excluding hydrogens is 447 g/mol. The Morgan fingerprint density at radius 2 is 1.13 bits per heavy atom. The van der Waals surface area contributed by atoms with E-state index < -0.39 is 48.6 Å². The van der Waals surface area contributed by atoms with E-state index in [9.17, 15) is 49.1 Å². The van der Waals surface area contributed by atoms with Gasteiger partial charge in [-0.25, -0.2) is 0 Å². The van der Waals surface area contributed by atoms with Crippen LogP contribution in [0.15, 0.2) is 0 Å². The molecule has 184 valence electrons. The van der Waals surface area contributed by atoms with E-state index in [1.54, 1.807) is 0 Å². The highest BCUT2D eigenvalue weighted by Crippen LogP contribution is 2.54. The van der Waals surface area contributed by atoms with Gasteiger partial charge in [-0.15, -0.1) is 0 Å². The summed E-state index contributed by atoms with van der Waals surface area (Å²) in [5, 5.41) is 4.50. The molecule has 2 amide bonds. The van der Waals surface area contributed by atoms with Gasteiger partial charge in [-0.05, 0) is 6.42 Å². The normalized spacial score (nSPS) is 13.2. The lowest BCUT2D eigenvalue weighted by molar-refractivity contribution is -0.396. The first-order valence-electron chi connectivity index (χ1n) is 9.83. The van der Waals surface area contributed by atoms with E-state index in [1.807, 2.05) is 5.32 Å². The monoisotopic (exact) mass is 474 g/mol. The number of alkyl halides is 9. The van der Waals surface area contributed by atoms with Gasteiger partial charge in [-0.2, -0.15) is 39.5 Å². The maximum absolute atomic E-state index is 13.3. The van der Waals surface area contributed by atoms with Crippen LogP contribution < -0.4 is 10.6 Å². The van der Waals surface area contributed by atoms with Gasteiger partial charge in [-0.1, -0.05) is 39.0 Å². The van der Waals surface area contributed by atoms with Crippen LogP contribution in [0.4, 0.5) is 39.5 Å². The molecule has 0 saturated heterocycles. The number of rotatable bonds is 15. The first kappa shape index (κ1) is 29.3. The van der Waals surface area contributed by atoms with Crippen molar-refractivity contribution in [2.75, 3.05) is 13.1 Å². The fraction of sp³-hybridized carbons (Fsp3) is 0.889. The van der Waals surface area contributed by atoms with E-state index in [2.05, 4.69) is 12.2 Å². The topological polar surface area (TPSA) is 58.2 Å². The van der Waals surface area contributed by atoms with Crippen LogP contribution in [0.2, 0.25) is 0 Å². The molecule has 0 unspecified atom stereocenters. The zero-order valence-corrected chi connectivity index (χ0v) is 17.0. The molecule has 0 atom stereocenters. The van der Waals surface area contributed by atoms with Crippen LogP contribution in [0.25, 0.3) is 0 Å². The van der Waals surface area contributed by atoms with Crippen molar-refractivity contribution < 1.29 is 49.1 Å². The maximum atomic E-state index is 13.3. The molecule has 0 saturated carbocycles. The van der Waals surface area contributed by atoms with Crippen molar-refractivity contribution >= 4 is 11.8 Å². The third-order valence-electron chi connectivity index (χ3n) is 4.40. The molecule has 0 heterocycles. The average Bonchev–Trinajstić information content (AvgIpc) is 2.64. The number of hydrogen-bond donors (Lipinski definition) is 2. The Morgan fingerprint density at radius 3 is 1.68 bits per heavy atom. The van der Waals surface area contributed by atoms with Crippen molar-refractivity contribution in [3.63, 3.8) is 0 Å². The van der Waals surface area contributed by atoms with Gasteiger partial charge in [0.25, 0.3) is 0 Å². The van der Waals surface area contributed by atoms with E-state index in [0.717, 1.165) is 38.5 Å². The summed E-state index contributed by atoms with van der Waals surface area (Å²) in [5.74, 6) is -21.3. The Morgan fingerprint density at radius 1 is 0.645 bits per heavy atom. The molecule has 0 aliphatic carbocycles. The van der Waals surface area contributed by atoms with Gasteiger partial charge in [0.2, 0.25) is 11.8 Å². The molecule has 0 aromatic rings. The largest absolute Gasteiger partial charge is 0.460 e. The molecule has 2 N–H and O–H groups in total. The van der Waals surface area contributed by atoms with E-state index in [0.29, 0.717) is 6.54 Å². The van der Waals surface area contributed by atoms with Crippen LogP contribution >= 0.6 is 0 Å². The quantitative estimate of drug-likeness (QED) is 0.253.